The summed E-state index contributed by atoms with van der Waals surface area (Å²) >= 11 is 0. The van der Waals surface area contributed by atoms with Gasteiger partial charge in [-0.25, -0.2) is 4.39 Å². The molecule has 0 aliphatic carbocycles. The zero-order chi connectivity index (χ0) is 18.8. The zero-order valence-corrected chi connectivity index (χ0v) is 15.1. The first kappa shape index (κ1) is 17.6. The molecule has 1 aromatic carbocycles. The summed E-state index contributed by atoms with van der Waals surface area (Å²) in [4.78, 5) is 33.4. The van der Waals surface area contributed by atoms with Gasteiger partial charge >= 0.3 is 0 Å². The number of amides is 2. The molecule has 5 nitrogen and oxygen atoms in total. The molecular weight excluding hydrogens is 345 g/mol. The third-order valence-electron chi connectivity index (χ3n) is 5.53. The summed E-state index contributed by atoms with van der Waals surface area (Å²) in [5, 5.41) is 0. The van der Waals surface area contributed by atoms with Crippen LogP contribution in [-0.2, 0) is 11.2 Å². The molecule has 2 bridgehead atoms. The molecule has 0 saturated carbocycles. The van der Waals surface area contributed by atoms with Crippen LogP contribution in [0.2, 0.25) is 0 Å². The van der Waals surface area contributed by atoms with E-state index >= 15 is 0 Å². The molecule has 6 heteroatoms. The van der Waals surface area contributed by atoms with Crippen molar-refractivity contribution in [3.63, 3.8) is 0 Å². The van der Waals surface area contributed by atoms with Crippen molar-refractivity contribution >= 4 is 11.8 Å². The molecule has 27 heavy (non-hydrogen) atoms. The Morgan fingerprint density at radius 1 is 1.07 bits per heavy atom. The van der Waals surface area contributed by atoms with Gasteiger partial charge in [0.25, 0.3) is 5.91 Å². The normalized spacial score (nSPS) is 21.8. The van der Waals surface area contributed by atoms with Crippen molar-refractivity contribution in [1.82, 2.24) is 14.8 Å². The van der Waals surface area contributed by atoms with Crippen molar-refractivity contribution in [2.45, 2.75) is 25.3 Å². The Hall–Kier alpha value is -2.76. The first-order valence-corrected chi connectivity index (χ1v) is 9.34. The van der Waals surface area contributed by atoms with E-state index in [1.54, 1.807) is 42.7 Å². The molecule has 3 fully saturated rings. The van der Waals surface area contributed by atoms with Crippen LogP contribution in [0.25, 0.3) is 0 Å². The monoisotopic (exact) mass is 367 g/mol. The molecule has 0 N–H and O–H groups in total. The van der Waals surface area contributed by atoms with Gasteiger partial charge in [0.05, 0.1) is 12.0 Å². The molecule has 3 saturated heterocycles. The molecule has 4 heterocycles. The van der Waals surface area contributed by atoms with E-state index in [1.165, 1.54) is 6.07 Å². The van der Waals surface area contributed by atoms with Gasteiger partial charge in [0, 0.05) is 38.1 Å². The first-order valence-electron chi connectivity index (χ1n) is 9.34. The second kappa shape index (κ2) is 7.47. The summed E-state index contributed by atoms with van der Waals surface area (Å²) in [6, 6.07) is 9.91. The average molecular weight is 367 g/mol. The van der Waals surface area contributed by atoms with Gasteiger partial charge in [0.15, 0.2) is 0 Å². The highest BCUT2D eigenvalue weighted by Gasteiger charge is 2.38. The summed E-state index contributed by atoms with van der Waals surface area (Å²) in [5.74, 6) is -0.193. The van der Waals surface area contributed by atoms with Gasteiger partial charge in [-0.05, 0) is 42.5 Å². The fraction of sp³-hybridized carbons (Fsp3) is 0.381. The molecular formula is C21H22FN3O2. The fourth-order valence-electron chi connectivity index (χ4n) is 4.13. The van der Waals surface area contributed by atoms with Gasteiger partial charge in [-0.3, -0.25) is 14.6 Å². The molecule has 2 atom stereocenters. The van der Waals surface area contributed by atoms with Gasteiger partial charge in [-0.2, -0.15) is 0 Å². The Morgan fingerprint density at radius 3 is 2.70 bits per heavy atom. The van der Waals surface area contributed by atoms with Crippen molar-refractivity contribution in [2.24, 2.45) is 5.92 Å². The van der Waals surface area contributed by atoms with E-state index in [4.69, 9.17) is 0 Å². The summed E-state index contributed by atoms with van der Waals surface area (Å²) in [6.07, 6.45) is 5.17. The number of hydrogen-bond donors (Lipinski definition) is 0. The minimum Gasteiger partial charge on any atom is -0.337 e. The highest BCUT2D eigenvalue weighted by molar-refractivity contribution is 5.94. The summed E-state index contributed by atoms with van der Waals surface area (Å²) in [7, 11) is 0. The molecule has 2 amide bonds. The number of carbonyl (C=O) groups excluding carboxylic acids is 2. The zero-order valence-electron chi connectivity index (χ0n) is 15.1. The average Bonchev–Trinajstić information content (AvgIpc) is 3.02. The fourth-order valence-corrected chi connectivity index (χ4v) is 4.13. The summed E-state index contributed by atoms with van der Waals surface area (Å²) in [5.41, 5.74) is 0.994. The van der Waals surface area contributed by atoms with Gasteiger partial charge in [0.2, 0.25) is 5.91 Å². The molecule has 3 aliphatic heterocycles. The SMILES string of the molecule is O=C(c1cccnc1)N1C[C@H]2CC[C@@H](C1)N(C(=O)Cc1ccccc1F)C2. The molecule has 5 rings (SSSR count). The maximum atomic E-state index is 13.9. The number of fused-ring (bicyclic) bond motifs is 4. The largest absolute Gasteiger partial charge is 0.337 e. The van der Waals surface area contributed by atoms with Crippen LogP contribution in [0.3, 0.4) is 0 Å². The predicted molar refractivity (Wildman–Crippen MR) is 98.5 cm³/mol. The minimum atomic E-state index is -0.348. The van der Waals surface area contributed by atoms with Crippen molar-refractivity contribution < 1.29 is 14.0 Å². The molecule has 140 valence electrons. The minimum absolute atomic E-state index is 0.0105. The maximum Gasteiger partial charge on any atom is 0.255 e. The topological polar surface area (TPSA) is 53.5 Å². The predicted octanol–water partition coefficient (Wildman–Crippen LogP) is 2.53. The first-order chi connectivity index (χ1) is 13.1. The third-order valence-corrected chi connectivity index (χ3v) is 5.53. The van der Waals surface area contributed by atoms with E-state index in [0.717, 1.165) is 12.8 Å². The van der Waals surface area contributed by atoms with Crippen molar-refractivity contribution in [3.8, 4) is 0 Å². The Balaban J connectivity index is 1.49. The highest BCUT2D eigenvalue weighted by atomic mass is 19.1. The van der Waals surface area contributed by atoms with E-state index in [9.17, 15) is 14.0 Å². The van der Waals surface area contributed by atoms with E-state index in [2.05, 4.69) is 4.98 Å². The van der Waals surface area contributed by atoms with Gasteiger partial charge < -0.3 is 9.80 Å². The second-order valence-electron chi connectivity index (χ2n) is 7.36. The lowest BCUT2D eigenvalue weighted by molar-refractivity contribution is -0.134. The molecule has 0 spiro atoms. The van der Waals surface area contributed by atoms with Crippen molar-refractivity contribution in [2.75, 3.05) is 19.6 Å². The van der Waals surface area contributed by atoms with Gasteiger partial charge in [-0.15, -0.1) is 0 Å². The highest BCUT2D eigenvalue weighted by Crippen LogP contribution is 2.29. The number of rotatable bonds is 3. The Bertz CT molecular complexity index is 842. The maximum absolute atomic E-state index is 13.9. The quantitative estimate of drug-likeness (QED) is 0.838. The molecule has 2 aromatic rings. The number of hydrogen-bond acceptors (Lipinski definition) is 3. The molecule has 3 aliphatic rings. The lowest BCUT2D eigenvalue weighted by Crippen LogP contribution is -2.48. The van der Waals surface area contributed by atoms with E-state index in [0.29, 0.717) is 30.8 Å². The smallest absolute Gasteiger partial charge is 0.255 e. The van der Waals surface area contributed by atoms with Crippen LogP contribution >= 0.6 is 0 Å². The van der Waals surface area contributed by atoms with Crippen LogP contribution in [0.15, 0.2) is 48.8 Å². The Morgan fingerprint density at radius 2 is 1.93 bits per heavy atom. The number of nitrogens with zero attached hydrogens (tertiary/aromatic N) is 3. The van der Waals surface area contributed by atoms with Crippen LogP contribution in [-0.4, -0.2) is 52.3 Å². The second-order valence-corrected chi connectivity index (χ2v) is 7.36. The lowest BCUT2D eigenvalue weighted by atomic mass is 9.94. The number of carbonyl (C=O) groups is 2. The van der Waals surface area contributed by atoms with Crippen LogP contribution in [0, 0.1) is 11.7 Å². The van der Waals surface area contributed by atoms with Crippen molar-refractivity contribution in [3.05, 3.63) is 65.7 Å². The number of pyridine rings is 1. The number of aromatic nitrogens is 1. The van der Waals surface area contributed by atoms with Crippen LogP contribution in [0.5, 0.6) is 0 Å². The van der Waals surface area contributed by atoms with Crippen LogP contribution in [0.1, 0.15) is 28.8 Å². The summed E-state index contributed by atoms with van der Waals surface area (Å²) in [6.45, 7) is 1.80. The molecule has 0 unspecified atom stereocenters. The van der Waals surface area contributed by atoms with E-state index in [1.807, 2.05) is 9.80 Å². The number of piperidine rings is 1. The van der Waals surface area contributed by atoms with Crippen molar-refractivity contribution in [1.29, 1.82) is 0 Å². The van der Waals surface area contributed by atoms with E-state index < -0.39 is 0 Å². The number of halogens is 1. The Kier molecular flexibility index (Phi) is 4.88. The van der Waals surface area contributed by atoms with Crippen LogP contribution in [0.4, 0.5) is 4.39 Å². The number of benzene rings is 1. The third kappa shape index (κ3) is 3.70. The Labute approximate surface area is 157 Å². The molecule has 0 radical (unpaired) electrons. The van der Waals surface area contributed by atoms with Gasteiger partial charge in [-0.1, -0.05) is 18.2 Å². The van der Waals surface area contributed by atoms with Crippen LogP contribution < -0.4 is 0 Å². The molecule has 1 aromatic heterocycles. The van der Waals surface area contributed by atoms with Gasteiger partial charge in [0.1, 0.15) is 5.82 Å². The standard InChI is InChI=1S/C21H22FN3O2/c22-19-6-2-1-4-16(19)10-20(26)25-13-15-7-8-18(25)14-24(12-15)21(27)17-5-3-9-23-11-17/h1-6,9,11,15,18H,7-8,10,12-14H2/t15-,18+/m1/s1. The summed E-state index contributed by atoms with van der Waals surface area (Å²) < 4.78 is 13.9. The van der Waals surface area contributed by atoms with E-state index in [-0.39, 0.29) is 36.0 Å². The lowest BCUT2D eigenvalue weighted by Gasteiger charge is -2.36.